The van der Waals surface area contributed by atoms with Gasteiger partial charge in [-0.3, -0.25) is 4.79 Å². The third-order valence-corrected chi connectivity index (χ3v) is 4.00. The number of piperidine rings is 1. The molecule has 0 spiro atoms. The summed E-state index contributed by atoms with van der Waals surface area (Å²) in [5.74, 6) is 0.381. The van der Waals surface area contributed by atoms with Gasteiger partial charge in [0, 0.05) is 25.0 Å². The first-order chi connectivity index (χ1) is 7.81. The van der Waals surface area contributed by atoms with Crippen LogP contribution < -0.4 is 5.32 Å². The highest BCUT2D eigenvalue weighted by Gasteiger charge is 2.27. The Morgan fingerprint density at radius 1 is 1.31 bits per heavy atom. The minimum Gasteiger partial charge on any atom is -0.340 e. The molecule has 16 heavy (non-hydrogen) atoms. The number of carbonyl (C=O) groups excluding carboxylic acids is 1. The summed E-state index contributed by atoms with van der Waals surface area (Å²) in [6.45, 7) is 4.28. The third kappa shape index (κ3) is 2.76. The lowest BCUT2D eigenvalue weighted by atomic mass is 9.99. The average molecular weight is 224 g/mol. The summed E-state index contributed by atoms with van der Waals surface area (Å²) in [5, 5.41) is 3.41. The van der Waals surface area contributed by atoms with E-state index in [-0.39, 0.29) is 0 Å². The first-order valence-electron chi connectivity index (χ1n) is 6.84. The lowest BCUT2D eigenvalue weighted by Crippen LogP contribution is -2.45. The van der Waals surface area contributed by atoms with Gasteiger partial charge in [-0.15, -0.1) is 0 Å². The highest BCUT2D eigenvalue weighted by atomic mass is 16.2. The first-order valence-corrected chi connectivity index (χ1v) is 6.84. The maximum Gasteiger partial charge on any atom is 0.224 e. The van der Waals surface area contributed by atoms with E-state index in [4.69, 9.17) is 0 Å². The molecule has 0 aromatic rings. The summed E-state index contributed by atoms with van der Waals surface area (Å²) in [5.41, 5.74) is 0. The van der Waals surface area contributed by atoms with Crippen molar-refractivity contribution in [3.05, 3.63) is 0 Å². The fraction of sp³-hybridized carbons (Fsp3) is 0.923. The zero-order valence-corrected chi connectivity index (χ0v) is 10.4. The van der Waals surface area contributed by atoms with Crippen LogP contribution in [0.2, 0.25) is 0 Å². The van der Waals surface area contributed by atoms with Gasteiger partial charge in [0.1, 0.15) is 0 Å². The van der Waals surface area contributed by atoms with Crippen molar-refractivity contribution in [3.63, 3.8) is 0 Å². The smallest absolute Gasteiger partial charge is 0.224 e. The van der Waals surface area contributed by atoms with Crippen LogP contribution in [0.1, 0.15) is 51.9 Å². The van der Waals surface area contributed by atoms with Gasteiger partial charge in [-0.2, -0.15) is 0 Å². The largest absolute Gasteiger partial charge is 0.340 e. The summed E-state index contributed by atoms with van der Waals surface area (Å²) in [6, 6.07) is 0.967. The van der Waals surface area contributed by atoms with E-state index in [1.54, 1.807) is 0 Å². The van der Waals surface area contributed by atoms with Gasteiger partial charge in [-0.05, 0) is 45.1 Å². The Labute approximate surface area is 98.6 Å². The van der Waals surface area contributed by atoms with E-state index in [2.05, 4.69) is 17.1 Å². The number of amides is 1. The van der Waals surface area contributed by atoms with Crippen LogP contribution in [0.4, 0.5) is 0 Å². The molecule has 2 fully saturated rings. The topological polar surface area (TPSA) is 32.3 Å². The summed E-state index contributed by atoms with van der Waals surface area (Å²) in [6.07, 6.45) is 7.94. The predicted octanol–water partition coefficient (Wildman–Crippen LogP) is 1.92. The molecule has 2 unspecified atom stereocenters. The number of likely N-dealkylation sites (tertiary alicyclic amines) is 1. The summed E-state index contributed by atoms with van der Waals surface area (Å²) in [7, 11) is 0. The Morgan fingerprint density at radius 2 is 2.19 bits per heavy atom. The highest BCUT2D eigenvalue weighted by Crippen LogP contribution is 2.21. The Balaban J connectivity index is 1.86. The number of rotatable bonds is 3. The van der Waals surface area contributed by atoms with Crippen LogP contribution in [0.15, 0.2) is 0 Å². The molecule has 92 valence electrons. The minimum atomic E-state index is 0.381. The van der Waals surface area contributed by atoms with Gasteiger partial charge in [0.25, 0.3) is 0 Å². The number of hydrogen-bond acceptors (Lipinski definition) is 2. The Bertz CT molecular complexity index is 236. The predicted molar refractivity (Wildman–Crippen MR) is 65.3 cm³/mol. The number of nitrogens with one attached hydrogen (secondary N) is 1. The molecule has 2 saturated heterocycles. The third-order valence-electron chi connectivity index (χ3n) is 4.00. The molecule has 3 heteroatoms. The van der Waals surface area contributed by atoms with E-state index in [9.17, 15) is 4.79 Å². The van der Waals surface area contributed by atoms with Gasteiger partial charge >= 0.3 is 0 Å². The van der Waals surface area contributed by atoms with Crippen molar-refractivity contribution < 1.29 is 4.79 Å². The van der Waals surface area contributed by atoms with Crippen molar-refractivity contribution in [1.82, 2.24) is 10.2 Å². The van der Waals surface area contributed by atoms with Gasteiger partial charge in [0.2, 0.25) is 5.91 Å². The Hall–Kier alpha value is -0.570. The highest BCUT2D eigenvalue weighted by molar-refractivity contribution is 5.77. The van der Waals surface area contributed by atoms with Crippen molar-refractivity contribution in [2.75, 3.05) is 13.1 Å². The molecule has 2 aliphatic rings. The molecule has 3 nitrogen and oxygen atoms in total. The molecule has 0 aromatic heterocycles. The molecular formula is C13H24N2O. The van der Waals surface area contributed by atoms with Crippen molar-refractivity contribution in [3.8, 4) is 0 Å². The second-order valence-corrected chi connectivity index (χ2v) is 5.14. The van der Waals surface area contributed by atoms with Gasteiger partial charge in [0.05, 0.1) is 0 Å². The van der Waals surface area contributed by atoms with Gasteiger partial charge in [-0.1, -0.05) is 6.92 Å². The van der Waals surface area contributed by atoms with Gasteiger partial charge in [-0.25, -0.2) is 0 Å². The van der Waals surface area contributed by atoms with E-state index in [0.29, 0.717) is 18.0 Å². The molecule has 0 radical (unpaired) electrons. The fourth-order valence-electron chi connectivity index (χ4n) is 3.01. The molecule has 2 heterocycles. The Morgan fingerprint density at radius 3 is 2.88 bits per heavy atom. The van der Waals surface area contributed by atoms with E-state index >= 15 is 0 Å². The number of hydrogen-bond donors (Lipinski definition) is 1. The van der Waals surface area contributed by atoms with Crippen LogP contribution in [0, 0.1) is 0 Å². The second kappa shape index (κ2) is 5.67. The van der Waals surface area contributed by atoms with Crippen LogP contribution in [-0.4, -0.2) is 36.0 Å². The molecule has 2 aliphatic heterocycles. The van der Waals surface area contributed by atoms with Crippen LogP contribution in [-0.2, 0) is 4.79 Å². The number of carbonyl (C=O) groups is 1. The van der Waals surface area contributed by atoms with Crippen molar-refractivity contribution in [2.24, 2.45) is 0 Å². The molecule has 1 amide bonds. The van der Waals surface area contributed by atoms with Gasteiger partial charge < -0.3 is 10.2 Å². The maximum atomic E-state index is 12.2. The zero-order chi connectivity index (χ0) is 11.4. The van der Waals surface area contributed by atoms with Crippen molar-refractivity contribution in [1.29, 1.82) is 0 Å². The van der Waals surface area contributed by atoms with Crippen molar-refractivity contribution in [2.45, 2.75) is 64.0 Å². The summed E-state index contributed by atoms with van der Waals surface area (Å²) in [4.78, 5) is 14.4. The molecule has 0 bridgehead atoms. The molecule has 0 aromatic carbocycles. The van der Waals surface area contributed by atoms with Crippen LogP contribution >= 0.6 is 0 Å². The fourth-order valence-corrected chi connectivity index (χ4v) is 3.01. The van der Waals surface area contributed by atoms with E-state index in [1.807, 2.05) is 0 Å². The summed E-state index contributed by atoms with van der Waals surface area (Å²) < 4.78 is 0. The monoisotopic (exact) mass is 224 g/mol. The molecule has 2 rings (SSSR count). The Kier molecular flexibility index (Phi) is 4.22. The quantitative estimate of drug-likeness (QED) is 0.794. The molecule has 1 N–H and O–H groups in total. The van der Waals surface area contributed by atoms with E-state index in [1.165, 1.54) is 32.1 Å². The molecule has 2 atom stereocenters. The number of nitrogens with zero attached hydrogens (tertiary/aromatic N) is 1. The SMILES string of the molecule is CCC1CCCCN1C(=O)CC1CCCN1. The van der Waals surface area contributed by atoms with Crippen LogP contribution in [0.25, 0.3) is 0 Å². The second-order valence-electron chi connectivity index (χ2n) is 5.14. The molecule has 0 saturated carbocycles. The normalized spacial score (nSPS) is 30.7. The standard InChI is InChI=1S/C13H24N2O/c1-2-12-7-3-4-9-15(12)13(16)10-11-6-5-8-14-11/h11-12,14H,2-10H2,1H3. The lowest BCUT2D eigenvalue weighted by molar-refractivity contribution is -0.135. The van der Waals surface area contributed by atoms with Crippen LogP contribution in [0.3, 0.4) is 0 Å². The lowest BCUT2D eigenvalue weighted by Gasteiger charge is -2.36. The van der Waals surface area contributed by atoms with Crippen LogP contribution in [0.5, 0.6) is 0 Å². The minimum absolute atomic E-state index is 0.381. The average Bonchev–Trinajstić information content (AvgIpc) is 2.81. The van der Waals surface area contributed by atoms with E-state index < -0.39 is 0 Å². The van der Waals surface area contributed by atoms with Gasteiger partial charge in [0.15, 0.2) is 0 Å². The first kappa shape index (κ1) is 11.9. The molecule has 0 aliphatic carbocycles. The van der Waals surface area contributed by atoms with Crippen molar-refractivity contribution >= 4 is 5.91 Å². The molecular weight excluding hydrogens is 200 g/mol. The zero-order valence-electron chi connectivity index (χ0n) is 10.4. The van der Waals surface area contributed by atoms with E-state index in [0.717, 1.165) is 25.9 Å². The maximum absolute atomic E-state index is 12.2. The summed E-state index contributed by atoms with van der Waals surface area (Å²) >= 11 is 0.